The first kappa shape index (κ1) is 35.3. The number of anilines is 1. The first-order chi connectivity index (χ1) is 21.5. The van der Waals surface area contributed by atoms with E-state index >= 15 is 0 Å². The number of carboxylic acid groups (broad SMARTS) is 1. The maximum atomic E-state index is 13.6. The van der Waals surface area contributed by atoms with Crippen LogP contribution in [0.1, 0.15) is 39.5 Å². The molecule has 2 aromatic rings. The number of benzene rings is 2. The largest absolute Gasteiger partial charge is 0.573 e. The van der Waals surface area contributed by atoms with E-state index < -0.39 is 58.0 Å². The van der Waals surface area contributed by atoms with Crippen molar-refractivity contribution in [1.29, 1.82) is 0 Å². The summed E-state index contributed by atoms with van der Waals surface area (Å²) < 4.78 is 68.3. The quantitative estimate of drug-likeness (QED) is 0.358. The fraction of sp³-hybridized carbons (Fsp3) is 0.500. The number of imide groups is 1. The van der Waals surface area contributed by atoms with Crippen LogP contribution in [0.25, 0.3) is 0 Å². The van der Waals surface area contributed by atoms with Gasteiger partial charge >= 0.3 is 18.5 Å². The third-order valence-electron chi connectivity index (χ3n) is 8.57. The molecule has 1 saturated carbocycles. The number of nitrogens with one attached hydrogen (secondary N) is 1. The fourth-order valence-corrected chi connectivity index (χ4v) is 7.91. The van der Waals surface area contributed by atoms with Crippen molar-refractivity contribution in [3.05, 3.63) is 53.6 Å². The van der Waals surface area contributed by atoms with Crippen molar-refractivity contribution < 1.29 is 45.8 Å². The normalized spacial score (nSPS) is 22.3. The lowest BCUT2D eigenvalue weighted by molar-refractivity contribution is -0.274. The summed E-state index contributed by atoms with van der Waals surface area (Å²) in [7, 11) is -1.77. The molecule has 1 heterocycles. The molecular formula is C30H36ClF3N4O7S. The molecule has 1 saturated heterocycles. The number of carbonyl (C=O) groups excluding carboxylic acids is 2. The average molecular weight is 689 g/mol. The third-order valence-corrected chi connectivity index (χ3v) is 10.7. The number of rotatable bonds is 9. The molecule has 0 radical (unpaired) electrons. The predicted molar refractivity (Wildman–Crippen MR) is 164 cm³/mol. The molecule has 16 heteroatoms. The van der Waals surface area contributed by atoms with Crippen LogP contribution in [0.3, 0.4) is 0 Å². The highest BCUT2D eigenvalue weighted by atomic mass is 35.5. The second-order valence-corrected chi connectivity index (χ2v) is 14.2. The van der Waals surface area contributed by atoms with Gasteiger partial charge in [0.1, 0.15) is 11.8 Å². The number of amides is 4. The Morgan fingerprint density at radius 2 is 1.72 bits per heavy atom. The summed E-state index contributed by atoms with van der Waals surface area (Å²) in [5.41, 5.74) is -0.262. The van der Waals surface area contributed by atoms with Gasteiger partial charge in [0.2, 0.25) is 5.91 Å². The van der Waals surface area contributed by atoms with Gasteiger partial charge in [-0.25, -0.2) is 18.0 Å². The maximum Gasteiger partial charge on any atom is 0.573 e. The Balaban J connectivity index is 1.50. The minimum atomic E-state index is -4.96. The lowest BCUT2D eigenvalue weighted by Crippen LogP contribution is -2.54. The van der Waals surface area contributed by atoms with Gasteiger partial charge in [-0.3, -0.25) is 4.79 Å². The molecule has 11 nitrogen and oxygen atoms in total. The minimum absolute atomic E-state index is 0.0897. The fourth-order valence-electron chi connectivity index (χ4n) is 6.11. The zero-order valence-electron chi connectivity index (χ0n) is 25.4. The van der Waals surface area contributed by atoms with Gasteiger partial charge in [-0.2, -0.15) is 4.90 Å². The molecule has 1 aliphatic heterocycles. The van der Waals surface area contributed by atoms with E-state index in [1.165, 1.54) is 24.3 Å². The van der Waals surface area contributed by atoms with Crippen LogP contribution in [0.15, 0.2) is 53.4 Å². The molecule has 2 fully saturated rings. The van der Waals surface area contributed by atoms with Crippen LogP contribution in [0, 0.1) is 5.92 Å². The molecule has 252 valence electrons. The van der Waals surface area contributed by atoms with Crippen molar-refractivity contribution >= 4 is 45.2 Å². The summed E-state index contributed by atoms with van der Waals surface area (Å²) in [6.45, 7) is 4.31. The SMILES string of the molecule is CC(C)N(C)[C@@H]1CC[C@H](N2CCC(NC(=O)N(C(=O)O)c3ccc(OC(F)(F)F)cc3)C2=O)[C@H](CS(=O)(=O)c2ccc(Cl)cc2)C1. The Bertz CT molecular complexity index is 1520. The number of halogens is 4. The van der Waals surface area contributed by atoms with Gasteiger partial charge < -0.3 is 25.0 Å². The number of carbonyl (C=O) groups is 3. The van der Waals surface area contributed by atoms with E-state index in [2.05, 4.69) is 15.0 Å². The summed E-state index contributed by atoms with van der Waals surface area (Å²) in [6.07, 6.45) is -4.75. The topological polar surface area (TPSA) is 137 Å². The van der Waals surface area contributed by atoms with Crippen molar-refractivity contribution in [3.63, 3.8) is 0 Å². The van der Waals surface area contributed by atoms with E-state index in [1.54, 1.807) is 4.90 Å². The monoisotopic (exact) mass is 688 g/mol. The number of likely N-dealkylation sites (tertiary alicyclic amines) is 1. The van der Waals surface area contributed by atoms with E-state index in [-0.39, 0.29) is 46.3 Å². The molecule has 46 heavy (non-hydrogen) atoms. The number of alkyl halides is 3. The molecule has 4 rings (SSSR count). The summed E-state index contributed by atoms with van der Waals surface area (Å²) in [4.78, 5) is 42.8. The molecule has 2 aliphatic rings. The van der Waals surface area contributed by atoms with Gasteiger partial charge in [0.25, 0.3) is 0 Å². The number of nitrogens with zero attached hydrogens (tertiary/aromatic N) is 3. The highest BCUT2D eigenvalue weighted by Gasteiger charge is 2.45. The summed E-state index contributed by atoms with van der Waals surface area (Å²) >= 11 is 5.96. The number of hydrogen-bond donors (Lipinski definition) is 2. The number of hydrogen-bond acceptors (Lipinski definition) is 7. The summed E-state index contributed by atoms with van der Waals surface area (Å²) in [5, 5.41) is 12.5. The van der Waals surface area contributed by atoms with Gasteiger partial charge in [0.15, 0.2) is 9.84 Å². The highest BCUT2D eigenvalue weighted by Crippen LogP contribution is 2.36. The lowest BCUT2D eigenvalue weighted by atomic mass is 9.81. The van der Waals surface area contributed by atoms with Crippen LogP contribution < -0.4 is 15.0 Å². The molecule has 0 spiro atoms. The van der Waals surface area contributed by atoms with E-state index in [9.17, 15) is 41.1 Å². The van der Waals surface area contributed by atoms with Gasteiger partial charge in [-0.1, -0.05) is 11.6 Å². The minimum Gasteiger partial charge on any atom is -0.464 e. The van der Waals surface area contributed by atoms with Crippen LogP contribution in [0.5, 0.6) is 5.75 Å². The van der Waals surface area contributed by atoms with E-state index in [4.69, 9.17) is 11.6 Å². The smallest absolute Gasteiger partial charge is 0.464 e. The van der Waals surface area contributed by atoms with Crippen molar-refractivity contribution in [2.24, 2.45) is 5.92 Å². The molecule has 1 unspecified atom stereocenters. The van der Waals surface area contributed by atoms with Gasteiger partial charge in [0.05, 0.1) is 16.3 Å². The summed E-state index contributed by atoms with van der Waals surface area (Å²) in [6, 6.07) is 7.18. The van der Waals surface area contributed by atoms with E-state index in [0.29, 0.717) is 17.9 Å². The molecule has 2 aromatic carbocycles. The summed E-state index contributed by atoms with van der Waals surface area (Å²) in [5.74, 6) is -1.71. The molecular weight excluding hydrogens is 653 g/mol. The Hall–Kier alpha value is -3.56. The predicted octanol–water partition coefficient (Wildman–Crippen LogP) is 5.38. The molecule has 2 N–H and O–H groups in total. The van der Waals surface area contributed by atoms with Crippen LogP contribution in [0.2, 0.25) is 5.02 Å². The molecule has 4 atom stereocenters. The standard InChI is InChI=1S/C30H36ClF3N4O7S/c1-18(2)36(3)22-8-13-26(19(16-22)17-46(43,44)24-11-4-20(31)5-12-24)37-15-14-25(27(37)39)35-28(40)38(29(41)42)21-6-9-23(10-7-21)45-30(32,33)34/h4-7,9-12,18-19,22,25-26H,8,13-17H2,1-3H3,(H,35,40)(H,41,42)/t19-,22+,25?,26-/m0/s1. The van der Waals surface area contributed by atoms with Crippen LogP contribution in [0.4, 0.5) is 28.4 Å². The Morgan fingerprint density at radius 3 is 2.28 bits per heavy atom. The Morgan fingerprint density at radius 1 is 1.09 bits per heavy atom. The van der Waals surface area contributed by atoms with Crippen LogP contribution in [-0.2, 0) is 14.6 Å². The lowest BCUT2D eigenvalue weighted by Gasteiger charge is -2.44. The van der Waals surface area contributed by atoms with E-state index in [0.717, 1.165) is 30.7 Å². The first-order valence-corrected chi connectivity index (χ1v) is 16.7. The second kappa shape index (κ2) is 14.1. The maximum absolute atomic E-state index is 13.6. The van der Waals surface area contributed by atoms with E-state index in [1.807, 2.05) is 20.9 Å². The second-order valence-electron chi connectivity index (χ2n) is 11.8. The number of urea groups is 1. The molecule has 1 aliphatic carbocycles. The van der Waals surface area contributed by atoms with Crippen LogP contribution in [-0.4, -0.2) is 91.2 Å². The highest BCUT2D eigenvalue weighted by molar-refractivity contribution is 7.91. The van der Waals surface area contributed by atoms with Crippen molar-refractivity contribution in [2.75, 3.05) is 24.2 Å². The van der Waals surface area contributed by atoms with Gasteiger partial charge in [-0.05, 0) is 101 Å². The van der Waals surface area contributed by atoms with Crippen molar-refractivity contribution in [1.82, 2.24) is 15.1 Å². The zero-order valence-corrected chi connectivity index (χ0v) is 27.0. The molecule has 4 amide bonds. The van der Waals surface area contributed by atoms with Gasteiger partial charge in [0, 0.05) is 29.7 Å². The van der Waals surface area contributed by atoms with Crippen LogP contribution >= 0.6 is 11.6 Å². The zero-order chi connectivity index (χ0) is 34.0. The average Bonchev–Trinajstić information content (AvgIpc) is 3.31. The Labute approximate surface area is 270 Å². The Kier molecular flexibility index (Phi) is 10.8. The number of sulfone groups is 1. The number of ether oxygens (including phenoxy) is 1. The molecule has 0 aromatic heterocycles. The first-order valence-electron chi connectivity index (χ1n) is 14.7. The van der Waals surface area contributed by atoms with Crippen molar-refractivity contribution in [3.8, 4) is 5.75 Å². The van der Waals surface area contributed by atoms with Gasteiger partial charge in [-0.15, -0.1) is 13.2 Å². The van der Waals surface area contributed by atoms with Crippen molar-refractivity contribution in [2.45, 2.75) is 75.0 Å². The third kappa shape index (κ3) is 8.42. The molecule has 0 bridgehead atoms.